The van der Waals surface area contributed by atoms with Gasteiger partial charge in [0.1, 0.15) is 5.54 Å². The summed E-state index contributed by atoms with van der Waals surface area (Å²) in [4.78, 5) is 13.5. The number of carbonyl (C=O) groups is 1. The number of nitrogens with zero attached hydrogens (tertiary/aromatic N) is 1. The third-order valence-electron chi connectivity index (χ3n) is 4.54. The van der Waals surface area contributed by atoms with E-state index in [4.69, 9.17) is 0 Å². The largest absolute Gasteiger partial charge is 0.333 e. The van der Waals surface area contributed by atoms with E-state index < -0.39 is 5.54 Å². The van der Waals surface area contributed by atoms with Gasteiger partial charge in [0.25, 0.3) is 5.91 Å². The number of piperidine rings is 1. The van der Waals surface area contributed by atoms with Crippen LogP contribution in [0.3, 0.4) is 0 Å². The second-order valence-electron chi connectivity index (χ2n) is 6.73. The summed E-state index contributed by atoms with van der Waals surface area (Å²) in [5.74, 6) is 1.45. The highest BCUT2D eigenvalue weighted by Gasteiger charge is 2.36. The van der Waals surface area contributed by atoms with E-state index in [-0.39, 0.29) is 5.91 Å². The smallest absolute Gasteiger partial charge is 0.276 e. The Morgan fingerprint density at radius 1 is 1.32 bits per heavy atom. The Morgan fingerprint density at radius 3 is 2.42 bits per heavy atom. The maximum Gasteiger partial charge on any atom is 0.276 e. The first-order valence-electron chi connectivity index (χ1n) is 7.59. The Morgan fingerprint density at radius 2 is 1.89 bits per heavy atom. The first-order valence-corrected chi connectivity index (χ1v) is 7.59. The van der Waals surface area contributed by atoms with Crippen molar-refractivity contribution in [3.63, 3.8) is 0 Å². The maximum absolute atomic E-state index is 12.2. The van der Waals surface area contributed by atoms with Crippen molar-refractivity contribution in [1.82, 2.24) is 5.32 Å². The van der Waals surface area contributed by atoms with E-state index in [0.717, 1.165) is 38.8 Å². The van der Waals surface area contributed by atoms with Gasteiger partial charge in [0, 0.05) is 11.8 Å². The predicted octanol–water partition coefficient (Wildman–Crippen LogP) is 0.500. The summed E-state index contributed by atoms with van der Waals surface area (Å²) in [6, 6.07) is 2.32. The molecule has 4 heteroatoms. The van der Waals surface area contributed by atoms with Crippen molar-refractivity contribution in [3.8, 4) is 6.07 Å². The molecule has 1 aliphatic carbocycles. The van der Waals surface area contributed by atoms with Crippen LogP contribution in [0.5, 0.6) is 0 Å². The predicted molar refractivity (Wildman–Crippen MR) is 73.5 cm³/mol. The zero-order valence-electron chi connectivity index (χ0n) is 12.2. The molecule has 0 spiro atoms. The van der Waals surface area contributed by atoms with Crippen LogP contribution in [0.4, 0.5) is 0 Å². The topological polar surface area (TPSA) is 57.3 Å². The van der Waals surface area contributed by atoms with E-state index in [9.17, 15) is 10.1 Å². The number of rotatable bonds is 3. The molecule has 2 N–H and O–H groups in total. The number of likely N-dealkylation sites (tertiary alicyclic amines) is 1. The molecule has 1 aliphatic heterocycles. The van der Waals surface area contributed by atoms with Crippen molar-refractivity contribution < 1.29 is 9.69 Å². The fourth-order valence-corrected chi connectivity index (χ4v) is 3.85. The summed E-state index contributed by atoms with van der Waals surface area (Å²) in [6.45, 7) is 7.22. The molecule has 3 atom stereocenters. The van der Waals surface area contributed by atoms with Crippen LogP contribution >= 0.6 is 0 Å². The Labute approximate surface area is 116 Å². The number of nitrogens with one attached hydrogen (secondary N) is 2. The fourth-order valence-electron chi connectivity index (χ4n) is 3.85. The molecule has 4 nitrogen and oxygen atoms in total. The Hall–Kier alpha value is -1.08. The number of amides is 1. The van der Waals surface area contributed by atoms with Crippen molar-refractivity contribution in [2.75, 3.05) is 19.6 Å². The molecule has 1 unspecified atom stereocenters. The van der Waals surface area contributed by atoms with Gasteiger partial charge in [0.2, 0.25) is 0 Å². The lowest BCUT2D eigenvalue weighted by Gasteiger charge is -2.32. The van der Waals surface area contributed by atoms with Crippen molar-refractivity contribution in [2.24, 2.45) is 11.8 Å². The lowest BCUT2D eigenvalue weighted by molar-refractivity contribution is -0.904. The number of carbonyl (C=O) groups excluding carboxylic acids is 1. The molecular formula is C15H26N3O+. The number of quaternary nitrogens is 1. The highest BCUT2D eigenvalue weighted by molar-refractivity contribution is 5.78. The standard InChI is InChI=1S/C15H25N3O/c1-12-7-13(2)9-18(8-12)10-14(19)17-15(11-16)5-3-4-6-15/h12-13H,3-10H2,1-2H3,(H,17,19)/p+1/t12-,13+. The van der Waals surface area contributed by atoms with Crippen LogP contribution < -0.4 is 10.2 Å². The van der Waals surface area contributed by atoms with Crippen LogP contribution in [-0.2, 0) is 4.79 Å². The van der Waals surface area contributed by atoms with Gasteiger partial charge < -0.3 is 10.2 Å². The molecular weight excluding hydrogens is 238 g/mol. The van der Waals surface area contributed by atoms with E-state index in [1.165, 1.54) is 11.3 Å². The molecule has 0 aromatic rings. The van der Waals surface area contributed by atoms with Crippen LogP contribution in [0.15, 0.2) is 0 Å². The quantitative estimate of drug-likeness (QED) is 0.780. The van der Waals surface area contributed by atoms with Crippen molar-refractivity contribution in [2.45, 2.75) is 51.5 Å². The van der Waals surface area contributed by atoms with Gasteiger partial charge in [-0.2, -0.15) is 5.26 Å². The summed E-state index contributed by atoms with van der Waals surface area (Å²) >= 11 is 0. The lowest BCUT2D eigenvalue weighted by Crippen LogP contribution is -3.15. The number of hydrogen-bond acceptors (Lipinski definition) is 2. The van der Waals surface area contributed by atoms with E-state index in [1.807, 2.05) is 0 Å². The summed E-state index contributed by atoms with van der Waals surface area (Å²) in [6.07, 6.45) is 5.01. The van der Waals surface area contributed by atoms with Gasteiger partial charge in [0.05, 0.1) is 19.2 Å². The molecule has 0 aromatic carbocycles. The monoisotopic (exact) mass is 264 g/mol. The molecule has 2 rings (SSSR count). The minimum Gasteiger partial charge on any atom is -0.333 e. The summed E-state index contributed by atoms with van der Waals surface area (Å²) < 4.78 is 0. The third-order valence-corrected chi connectivity index (χ3v) is 4.54. The molecule has 2 fully saturated rings. The number of hydrogen-bond donors (Lipinski definition) is 2. The van der Waals surface area contributed by atoms with Gasteiger partial charge in [-0.3, -0.25) is 4.79 Å². The van der Waals surface area contributed by atoms with E-state index in [1.54, 1.807) is 0 Å². The van der Waals surface area contributed by atoms with E-state index >= 15 is 0 Å². The summed E-state index contributed by atoms with van der Waals surface area (Å²) in [5.41, 5.74) is -0.566. The van der Waals surface area contributed by atoms with Gasteiger partial charge >= 0.3 is 0 Å². The molecule has 0 radical (unpaired) electrons. The van der Waals surface area contributed by atoms with Crippen molar-refractivity contribution in [3.05, 3.63) is 0 Å². The minimum atomic E-state index is -0.566. The van der Waals surface area contributed by atoms with Crippen LogP contribution in [-0.4, -0.2) is 31.1 Å². The van der Waals surface area contributed by atoms with Crippen LogP contribution in [0.2, 0.25) is 0 Å². The number of nitriles is 1. The Balaban J connectivity index is 1.85. The second-order valence-corrected chi connectivity index (χ2v) is 6.73. The molecule has 1 amide bonds. The first-order chi connectivity index (χ1) is 9.03. The zero-order chi connectivity index (χ0) is 13.9. The minimum absolute atomic E-state index is 0.0553. The van der Waals surface area contributed by atoms with E-state index in [0.29, 0.717) is 18.4 Å². The first kappa shape index (κ1) is 14.3. The van der Waals surface area contributed by atoms with Gasteiger partial charge in [0.15, 0.2) is 6.54 Å². The maximum atomic E-state index is 12.2. The van der Waals surface area contributed by atoms with Crippen LogP contribution in [0.1, 0.15) is 46.0 Å². The van der Waals surface area contributed by atoms with E-state index in [2.05, 4.69) is 25.2 Å². The molecule has 1 saturated heterocycles. The second kappa shape index (κ2) is 5.92. The molecule has 1 heterocycles. The molecule has 19 heavy (non-hydrogen) atoms. The van der Waals surface area contributed by atoms with Crippen molar-refractivity contribution in [1.29, 1.82) is 5.26 Å². The normalized spacial score (nSPS) is 33.6. The molecule has 1 saturated carbocycles. The summed E-state index contributed by atoms with van der Waals surface area (Å²) in [5, 5.41) is 12.3. The highest BCUT2D eigenvalue weighted by atomic mass is 16.2. The summed E-state index contributed by atoms with van der Waals surface area (Å²) in [7, 11) is 0. The SMILES string of the molecule is C[C@@H]1C[C@H](C)C[NH+](CC(=O)NC2(C#N)CCCC2)C1. The Kier molecular flexibility index (Phi) is 4.46. The zero-order valence-corrected chi connectivity index (χ0v) is 12.2. The average Bonchev–Trinajstić information content (AvgIpc) is 2.76. The highest BCUT2D eigenvalue weighted by Crippen LogP contribution is 2.28. The third kappa shape index (κ3) is 3.70. The molecule has 0 bridgehead atoms. The Bertz CT molecular complexity index is 358. The van der Waals surface area contributed by atoms with Gasteiger partial charge in [-0.05, 0) is 32.1 Å². The molecule has 106 valence electrons. The van der Waals surface area contributed by atoms with Gasteiger partial charge in [-0.25, -0.2) is 0 Å². The van der Waals surface area contributed by atoms with Gasteiger partial charge in [-0.15, -0.1) is 0 Å². The average molecular weight is 264 g/mol. The molecule has 0 aromatic heterocycles. The van der Waals surface area contributed by atoms with Crippen LogP contribution in [0, 0.1) is 23.2 Å². The van der Waals surface area contributed by atoms with Crippen LogP contribution in [0.25, 0.3) is 0 Å². The van der Waals surface area contributed by atoms with Crippen molar-refractivity contribution >= 4 is 5.91 Å². The fraction of sp³-hybridized carbons (Fsp3) is 0.867. The van der Waals surface area contributed by atoms with Gasteiger partial charge in [-0.1, -0.05) is 13.8 Å². The molecule has 2 aliphatic rings. The lowest BCUT2D eigenvalue weighted by atomic mass is 9.92.